The number of halogens is 8. The molecule has 0 spiro atoms. The Balaban J connectivity index is 0.000000331. The van der Waals surface area contributed by atoms with Crippen molar-refractivity contribution >= 4 is 63.0 Å². The molecule has 5 aromatic rings. The third-order valence-corrected chi connectivity index (χ3v) is 5.76. The van der Waals surface area contributed by atoms with Gasteiger partial charge in [-0.2, -0.15) is 36.7 Å². The van der Waals surface area contributed by atoms with Crippen molar-refractivity contribution in [3.05, 3.63) is 70.1 Å². The van der Waals surface area contributed by atoms with E-state index in [1.807, 2.05) is 16.7 Å². The fraction of sp³-hybridized carbons (Fsp3) is 0.120. The van der Waals surface area contributed by atoms with Crippen molar-refractivity contribution in [2.75, 3.05) is 5.73 Å². The van der Waals surface area contributed by atoms with Gasteiger partial charge in [-0.25, -0.2) is 19.6 Å². The predicted octanol–water partition coefficient (Wildman–Crippen LogP) is 6.18. The summed E-state index contributed by atoms with van der Waals surface area (Å²) in [7, 11) is 0. The lowest BCUT2D eigenvalue weighted by atomic mass is 10.2. The summed E-state index contributed by atoms with van der Waals surface area (Å²) in [6, 6.07) is 14.0. The summed E-state index contributed by atoms with van der Waals surface area (Å²) in [6.45, 7) is 0.457. The van der Waals surface area contributed by atoms with Gasteiger partial charge in [-0.15, -0.1) is 0 Å². The summed E-state index contributed by atoms with van der Waals surface area (Å²) < 4.78 is 71.4. The molecule has 45 heavy (non-hydrogen) atoms. The third-order valence-electron chi connectivity index (χ3n) is 5.25. The number of pyridine rings is 1. The number of nitrogens with zero attached hydrogens (tertiary/aromatic N) is 5. The van der Waals surface area contributed by atoms with Crippen molar-refractivity contribution in [3.8, 4) is 17.6 Å². The molecule has 5 rings (SSSR count). The van der Waals surface area contributed by atoms with E-state index in [0.29, 0.717) is 50.6 Å². The van der Waals surface area contributed by atoms with Crippen LogP contribution in [0.15, 0.2) is 48.8 Å². The SMILES string of the molecule is N#Cc1cc(Cl)cc(Oc2c(Cl)ccc3c2ncn3Cc2n[nH]c3nc(N)ccc23)c1.O=C(O)C(F)(F)F.O=C(O)C(F)(F)F. The fourth-order valence-electron chi connectivity index (χ4n) is 3.36. The van der Waals surface area contributed by atoms with E-state index in [2.05, 4.69) is 26.2 Å². The first-order chi connectivity index (χ1) is 20.9. The summed E-state index contributed by atoms with van der Waals surface area (Å²) in [4.78, 5) is 26.5. The van der Waals surface area contributed by atoms with Crippen LogP contribution in [-0.4, -0.2) is 59.2 Å². The van der Waals surface area contributed by atoms with E-state index < -0.39 is 24.3 Å². The lowest BCUT2D eigenvalue weighted by Crippen LogP contribution is -2.21. The van der Waals surface area contributed by atoms with Crippen LogP contribution in [0.1, 0.15) is 11.3 Å². The van der Waals surface area contributed by atoms with E-state index in [0.717, 1.165) is 16.6 Å². The van der Waals surface area contributed by atoms with Crippen LogP contribution in [0.4, 0.5) is 32.2 Å². The van der Waals surface area contributed by atoms with Crippen LogP contribution >= 0.6 is 23.2 Å². The molecule has 12 nitrogen and oxygen atoms in total. The molecule has 3 heterocycles. The Morgan fingerprint density at radius 2 is 1.64 bits per heavy atom. The lowest BCUT2D eigenvalue weighted by molar-refractivity contribution is -0.193. The highest BCUT2D eigenvalue weighted by Gasteiger charge is 2.38. The standard InChI is InChI=1S/C21H13Cl2N7O.2C2HF3O2/c22-12-5-11(8-24)6-13(7-12)31-20-15(23)2-3-17-19(20)26-10-30(17)9-16-14-1-4-18(25)27-21(14)29-28-16;2*3-2(4,5)1(6)7/h1-7,10H,9H2,(H3,25,27,28,29);2*(H,6,7). The average Bonchev–Trinajstić information content (AvgIpc) is 3.53. The van der Waals surface area contributed by atoms with Crippen molar-refractivity contribution < 1.29 is 50.9 Å². The highest BCUT2D eigenvalue weighted by Crippen LogP contribution is 2.37. The van der Waals surface area contributed by atoms with E-state index in [9.17, 15) is 26.3 Å². The zero-order valence-electron chi connectivity index (χ0n) is 21.8. The monoisotopic (exact) mass is 677 g/mol. The molecule has 0 atom stereocenters. The zero-order chi connectivity index (χ0) is 33.7. The maximum Gasteiger partial charge on any atom is 0.490 e. The molecule has 0 radical (unpaired) electrons. The predicted molar refractivity (Wildman–Crippen MR) is 146 cm³/mol. The highest BCUT2D eigenvalue weighted by atomic mass is 35.5. The van der Waals surface area contributed by atoms with Crippen LogP contribution in [0.3, 0.4) is 0 Å². The number of carbonyl (C=O) groups is 2. The molecule has 236 valence electrons. The lowest BCUT2D eigenvalue weighted by Gasteiger charge is -2.10. The number of nitrogens with two attached hydrogens (primary N) is 1. The molecule has 5 N–H and O–H groups in total. The van der Waals surface area contributed by atoms with Crippen molar-refractivity contribution in [3.63, 3.8) is 0 Å². The zero-order valence-corrected chi connectivity index (χ0v) is 23.3. The molecular weight excluding hydrogens is 663 g/mol. The van der Waals surface area contributed by atoms with Gasteiger partial charge in [0.2, 0.25) is 0 Å². The van der Waals surface area contributed by atoms with Gasteiger partial charge < -0.3 is 25.3 Å². The Bertz CT molecular complexity index is 1890. The smallest absolute Gasteiger partial charge is 0.475 e. The van der Waals surface area contributed by atoms with E-state index in [1.54, 1.807) is 36.7 Å². The Hall–Kier alpha value is -5.28. The summed E-state index contributed by atoms with van der Waals surface area (Å²) in [5.41, 5.74) is 8.93. The van der Waals surface area contributed by atoms with Crippen LogP contribution in [-0.2, 0) is 16.1 Å². The second-order valence-corrected chi connectivity index (χ2v) is 9.26. The summed E-state index contributed by atoms with van der Waals surface area (Å²) in [6.07, 6.45) is -8.47. The van der Waals surface area contributed by atoms with Crippen molar-refractivity contribution in [1.29, 1.82) is 5.26 Å². The molecule has 0 saturated carbocycles. The number of carboxylic acids is 2. The van der Waals surface area contributed by atoms with Gasteiger partial charge in [0.15, 0.2) is 11.4 Å². The number of fused-ring (bicyclic) bond motifs is 2. The normalized spacial score (nSPS) is 11.2. The first-order valence-corrected chi connectivity index (χ1v) is 12.4. The number of rotatable bonds is 4. The largest absolute Gasteiger partial charge is 0.490 e. The molecule has 0 unspecified atom stereocenters. The van der Waals surface area contributed by atoms with Gasteiger partial charge in [-0.1, -0.05) is 23.2 Å². The second-order valence-electron chi connectivity index (χ2n) is 8.41. The average molecular weight is 678 g/mol. The maximum atomic E-state index is 10.6. The minimum Gasteiger partial charge on any atom is -0.475 e. The van der Waals surface area contributed by atoms with Crippen LogP contribution < -0.4 is 10.5 Å². The minimum absolute atomic E-state index is 0.380. The molecule has 2 aromatic carbocycles. The topological polar surface area (TPSA) is 193 Å². The molecule has 0 amide bonds. The summed E-state index contributed by atoms with van der Waals surface area (Å²) >= 11 is 12.5. The van der Waals surface area contributed by atoms with Gasteiger partial charge in [-0.3, -0.25) is 5.10 Å². The quantitative estimate of drug-likeness (QED) is 0.160. The number of hydrogen-bond donors (Lipinski definition) is 4. The van der Waals surface area contributed by atoms with Gasteiger partial charge in [-0.05, 0) is 42.5 Å². The molecule has 0 saturated heterocycles. The number of benzene rings is 2. The number of hydrogen-bond acceptors (Lipinski definition) is 8. The maximum absolute atomic E-state index is 10.6. The number of nitrogen functional groups attached to an aromatic ring is 1. The third kappa shape index (κ3) is 8.87. The molecule has 0 bridgehead atoms. The number of aromatic nitrogens is 5. The number of imidazole rings is 1. The number of carboxylic acid groups (broad SMARTS) is 2. The van der Waals surface area contributed by atoms with Crippen LogP contribution in [0, 0.1) is 11.3 Å². The fourth-order valence-corrected chi connectivity index (χ4v) is 3.78. The number of ether oxygens (including phenoxy) is 1. The summed E-state index contributed by atoms with van der Waals surface area (Å²) in [5.74, 6) is -4.31. The van der Waals surface area contributed by atoms with Gasteiger partial charge in [0.25, 0.3) is 0 Å². The van der Waals surface area contributed by atoms with Gasteiger partial charge in [0.1, 0.15) is 17.1 Å². The van der Waals surface area contributed by atoms with Crippen molar-refractivity contribution in [2.45, 2.75) is 18.9 Å². The molecule has 0 aliphatic rings. The van der Waals surface area contributed by atoms with Gasteiger partial charge >= 0.3 is 24.3 Å². The van der Waals surface area contributed by atoms with E-state index in [1.165, 1.54) is 0 Å². The number of nitrogens with one attached hydrogen (secondary N) is 1. The van der Waals surface area contributed by atoms with Gasteiger partial charge in [0.05, 0.1) is 40.7 Å². The van der Waals surface area contributed by atoms with Crippen LogP contribution in [0.25, 0.3) is 22.1 Å². The number of aliphatic carboxylic acids is 2. The van der Waals surface area contributed by atoms with Gasteiger partial charge in [0, 0.05) is 10.4 Å². The Kier molecular flexibility index (Phi) is 10.3. The Labute approximate surface area is 256 Å². The Morgan fingerprint density at radius 3 is 2.22 bits per heavy atom. The number of nitriles is 1. The molecule has 0 aliphatic heterocycles. The first kappa shape index (κ1) is 34.2. The van der Waals surface area contributed by atoms with E-state index >= 15 is 0 Å². The molecular formula is C25H15Cl2F6N7O5. The number of alkyl halides is 6. The molecule has 0 fully saturated rings. The number of aromatic amines is 1. The van der Waals surface area contributed by atoms with Crippen LogP contribution in [0.2, 0.25) is 10.0 Å². The Morgan fingerprint density at radius 1 is 1.02 bits per heavy atom. The number of H-pyrrole nitrogens is 1. The second kappa shape index (κ2) is 13.6. The molecule has 20 heteroatoms. The van der Waals surface area contributed by atoms with E-state index in [4.69, 9.17) is 58.7 Å². The first-order valence-electron chi connectivity index (χ1n) is 11.6. The molecule has 3 aromatic heterocycles. The highest BCUT2D eigenvalue weighted by molar-refractivity contribution is 6.33. The number of anilines is 1. The van der Waals surface area contributed by atoms with E-state index in [-0.39, 0.29) is 0 Å². The van der Waals surface area contributed by atoms with Crippen molar-refractivity contribution in [1.82, 2.24) is 24.7 Å². The minimum atomic E-state index is -5.08. The van der Waals surface area contributed by atoms with Crippen LogP contribution in [0.5, 0.6) is 11.5 Å². The summed E-state index contributed by atoms with van der Waals surface area (Å²) in [5, 5.41) is 32.3. The van der Waals surface area contributed by atoms with Crippen molar-refractivity contribution in [2.24, 2.45) is 0 Å². The molecule has 0 aliphatic carbocycles.